The first-order valence-electron chi connectivity index (χ1n) is 17.2. The second-order valence-electron chi connectivity index (χ2n) is 12.5. The normalized spacial score (nSPS) is 10.9. The van der Waals surface area contributed by atoms with Crippen LogP contribution < -0.4 is 9.80 Å². The smallest absolute Gasteiger partial charge is 0.0652 e. The van der Waals surface area contributed by atoms with E-state index in [4.69, 9.17) is 23.2 Å². The quantitative estimate of drug-likeness (QED) is 0.147. The largest absolute Gasteiger partial charge is 0.309 e. The van der Waals surface area contributed by atoms with Gasteiger partial charge in [0.2, 0.25) is 0 Å². The number of para-hydroxylation sites is 2. The Morgan fingerprint density at radius 1 is 0.250 bits per heavy atom. The fourth-order valence-electron chi connectivity index (χ4n) is 6.65. The second-order valence-corrected chi connectivity index (χ2v) is 13.3. The minimum Gasteiger partial charge on any atom is -0.309 e. The molecule has 0 aliphatic carbocycles. The molecular weight excluding hydrogens is 675 g/mol. The van der Waals surface area contributed by atoms with E-state index in [0.717, 1.165) is 67.5 Å². The maximum atomic E-state index is 7.29. The number of hydrogen-bond acceptors (Lipinski definition) is 2. The van der Waals surface area contributed by atoms with Gasteiger partial charge in [0.1, 0.15) is 0 Å². The van der Waals surface area contributed by atoms with Crippen LogP contribution in [0.5, 0.6) is 0 Å². The Hall–Kier alpha value is -6.06. The Morgan fingerprint density at radius 2 is 0.558 bits per heavy atom. The molecule has 8 aromatic carbocycles. The van der Waals surface area contributed by atoms with E-state index in [0.29, 0.717) is 10.0 Å². The Morgan fingerprint density at radius 3 is 0.942 bits per heavy atom. The third-order valence-electron chi connectivity index (χ3n) is 9.16. The van der Waals surface area contributed by atoms with Crippen LogP contribution in [0.25, 0.3) is 33.4 Å². The second kappa shape index (κ2) is 15.0. The molecule has 0 heterocycles. The molecule has 52 heavy (non-hydrogen) atoms. The molecule has 8 rings (SSSR count). The van der Waals surface area contributed by atoms with Crippen molar-refractivity contribution in [3.63, 3.8) is 0 Å². The molecule has 0 fully saturated rings. The number of benzene rings is 8. The van der Waals surface area contributed by atoms with Gasteiger partial charge < -0.3 is 9.80 Å². The molecule has 0 spiro atoms. The van der Waals surface area contributed by atoms with Gasteiger partial charge >= 0.3 is 0 Å². The summed E-state index contributed by atoms with van der Waals surface area (Å²) >= 11 is 14.4. The van der Waals surface area contributed by atoms with Gasteiger partial charge in [0, 0.05) is 22.7 Å². The fourth-order valence-corrected chi connectivity index (χ4v) is 7.18. The first-order valence-corrected chi connectivity index (χ1v) is 18.0. The van der Waals surface area contributed by atoms with E-state index < -0.39 is 0 Å². The van der Waals surface area contributed by atoms with Crippen LogP contribution in [-0.4, -0.2) is 0 Å². The topological polar surface area (TPSA) is 6.48 Å². The average molecular weight is 710 g/mol. The number of nitrogens with zero attached hydrogens (tertiary/aromatic N) is 2. The summed E-state index contributed by atoms with van der Waals surface area (Å²) in [5.41, 5.74) is 12.4. The molecule has 0 aliphatic rings. The van der Waals surface area contributed by atoms with E-state index in [1.165, 1.54) is 0 Å². The van der Waals surface area contributed by atoms with Crippen LogP contribution in [0.4, 0.5) is 34.1 Å². The molecule has 0 saturated carbocycles. The lowest BCUT2D eigenvalue weighted by atomic mass is 10.0. The SMILES string of the molecule is Clc1cc(-c2ccc(N(c3cccc(-c4ccccc4)c3)c3cccc(-c4ccccc4)c3)c(Cl)c2)ccc1N(c1ccccc1)c1ccccc1. The molecule has 0 radical (unpaired) electrons. The van der Waals surface area contributed by atoms with Gasteiger partial charge in [0.05, 0.1) is 21.4 Å². The van der Waals surface area contributed by atoms with Crippen LogP contribution in [0.15, 0.2) is 206 Å². The summed E-state index contributed by atoms with van der Waals surface area (Å²) in [7, 11) is 0. The lowest BCUT2D eigenvalue weighted by Crippen LogP contribution is -2.11. The van der Waals surface area contributed by atoms with Gasteiger partial charge in [-0.2, -0.15) is 0 Å². The summed E-state index contributed by atoms with van der Waals surface area (Å²) in [5, 5.41) is 1.27. The van der Waals surface area contributed by atoms with Crippen LogP contribution in [0.1, 0.15) is 0 Å². The summed E-state index contributed by atoms with van der Waals surface area (Å²) in [4.78, 5) is 4.41. The monoisotopic (exact) mass is 708 g/mol. The summed E-state index contributed by atoms with van der Waals surface area (Å²) < 4.78 is 0. The zero-order chi connectivity index (χ0) is 35.3. The van der Waals surface area contributed by atoms with E-state index in [1.807, 2.05) is 60.7 Å². The Labute approximate surface area is 315 Å². The highest BCUT2D eigenvalue weighted by Gasteiger charge is 2.19. The fraction of sp³-hybridized carbons (Fsp3) is 0. The molecule has 0 aliphatic heterocycles. The zero-order valence-electron chi connectivity index (χ0n) is 28.3. The molecule has 0 saturated heterocycles. The first-order chi connectivity index (χ1) is 25.6. The predicted octanol–water partition coefficient (Wildman–Crippen LogP) is 14.9. The maximum absolute atomic E-state index is 7.29. The van der Waals surface area contributed by atoms with Crippen LogP contribution in [0.2, 0.25) is 10.0 Å². The van der Waals surface area contributed by atoms with Crippen molar-refractivity contribution in [2.24, 2.45) is 0 Å². The van der Waals surface area contributed by atoms with Gasteiger partial charge in [0.25, 0.3) is 0 Å². The Balaban J connectivity index is 1.19. The lowest BCUT2D eigenvalue weighted by Gasteiger charge is -2.28. The third-order valence-corrected chi connectivity index (χ3v) is 9.77. The lowest BCUT2D eigenvalue weighted by molar-refractivity contribution is 1.28. The van der Waals surface area contributed by atoms with Crippen molar-refractivity contribution >= 4 is 57.3 Å². The summed E-state index contributed by atoms with van der Waals surface area (Å²) in [6, 6.07) is 71.1. The third kappa shape index (κ3) is 6.95. The molecule has 0 N–H and O–H groups in total. The molecule has 2 nitrogen and oxygen atoms in total. The molecule has 4 heteroatoms. The van der Waals surface area contributed by atoms with Crippen LogP contribution in [-0.2, 0) is 0 Å². The van der Waals surface area contributed by atoms with Gasteiger partial charge in [0.15, 0.2) is 0 Å². The number of halogens is 2. The van der Waals surface area contributed by atoms with Gasteiger partial charge in [-0.05, 0) is 106 Å². The Bertz CT molecular complexity index is 2310. The van der Waals surface area contributed by atoms with Gasteiger partial charge in [-0.1, -0.05) is 157 Å². The van der Waals surface area contributed by atoms with Crippen LogP contribution in [0, 0.1) is 0 Å². The van der Waals surface area contributed by atoms with Crippen molar-refractivity contribution in [3.8, 4) is 33.4 Å². The van der Waals surface area contributed by atoms with E-state index in [2.05, 4.69) is 155 Å². The highest BCUT2D eigenvalue weighted by Crippen LogP contribution is 2.44. The minimum absolute atomic E-state index is 0.628. The van der Waals surface area contributed by atoms with Gasteiger partial charge in [-0.15, -0.1) is 0 Å². The van der Waals surface area contributed by atoms with Crippen molar-refractivity contribution in [1.29, 1.82) is 0 Å². The van der Waals surface area contributed by atoms with Crippen LogP contribution >= 0.6 is 23.2 Å². The molecule has 0 bridgehead atoms. The molecule has 0 amide bonds. The molecule has 8 aromatic rings. The average Bonchev–Trinajstić information content (AvgIpc) is 3.21. The summed E-state index contributed by atoms with van der Waals surface area (Å²) in [6.07, 6.45) is 0. The van der Waals surface area contributed by atoms with Crippen LogP contribution in [0.3, 0.4) is 0 Å². The first kappa shape index (κ1) is 33.1. The van der Waals surface area contributed by atoms with Gasteiger partial charge in [-0.3, -0.25) is 0 Å². The van der Waals surface area contributed by atoms with E-state index >= 15 is 0 Å². The predicted molar refractivity (Wildman–Crippen MR) is 222 cm³/mol. The molecule has 0 aromatic heterocycles. The number of rotatable bonds is 9. The van der Waals surface area contributed by atoms with Crippen molar-refractivity contribution in [2.45, 2.75) is 0 Å². The van der Waals surface area contributed by atoms with Crippen molar-refractivity contribution in [1.82, 2.24) is 0 Å². The summed E-state index contributed by atoms with van der Waals surface area (Å²) in [6.45, 7) is 0. The summed E-state index contributed by atoms with van der Waals surface area (Å²) in [5.74, 6) is 0. The molecule has 0 unspecified atom stereocenters. The highest BCUT2D eigenvalue weighted by molar-refractivity contribution is 6.34. The molecular formula is C48H34Cl2N2. The highest BCUT2D eigenvalue weighted by atomic mass is 35.5. The van der Waals surface area contributed by atoms with Crippen molar-refractivity contribution in [2.75, 3.05) is 9.80 Å². The van der Waals surface area contributed by atoms with E-state index in [1.54, 1.807) is 0 Å². The van der Waals surface area contributed by atoms with Crippen molar-refractivity contribution < 1.29 is 0 Å². The van der Waals surface area contributed by atoms with E-state index in [9.17, 15) is 0 Å². The molecule has 250 valence electrons. The standard InChI is InChI=1S/C48H34Cl2N2/c49-45-33-39(27-29-47(45)51(41-21-9-3-10-22-41)42-23-11-4-12-24-42)40-28-30-48(46(50)34-40)52(43-25-13-19-37(31-43)35-15-5-1-6-16-35)44-26-14-20-38(32-44)36-17-7-2-8-18-36/h1-34H. The number of hydrogen-bond donors (Lipinski definition) is 0. The Kier molecular flexibility index (Phi) is 9.58. The maximum Gasteiger partial charge on any atom is 0.0652 e. The number of anilines is 6. The zero-order valence-corrected chi connectivity index (χ0v) is 29.8. The molecule has 0 atom stereocenters. The van der Waals surface area contributed by atoms with Crippen molar-refractivity contribution in [3.05, 3.63) is 216 Å². The minimum atomic E-state index is 0.628. The van der Waals surface area contributed by atoms with E-state index in [-0.39, 0.29) is 0 Å². The van der Waals surface area contributed by atoms with Gasteiger partial charge in [-0.25, -0.2) is 0 Å².